The van der Waals surface area contributed by atoms with E-state index in [1.54, 1.807) is 0 Å². The Balaban J connectivity index is 2.22. The molecule has 2 heteroatoms. The lowest BCUT2D eigenvalue weighted by Crippen LogP contribution is -2.51. The van der Waals surface area contributed by atoms with E-state index in [0.29, 0.717) is 42.2 Å². The third-order valence-corrected chi connectivity index (χ3v) is 6.10. The van der Waals surface area contributed by atoms with Gasteiger partial charge in [0.2, 0.25) is 0 Å². The van der Waals surface area contributed by atoms with Crippen molar-refractivity contribution in [3.05, 3.63) is 0 Å². The third-order valence-electron chi connectivity index (χ3n) is 6.10. The quantitative estimate of drug-likeness (QED) is 0.771. The molecule has 0 aromatic rings. The van der Waals surface area contributed by atoms with Gasteiger partial charge >= 0.3 is 0 Å². The second-order valence-electron chi connectivity index (χ2n) is 7.20. The van der Waals surface area contributed by atoms with Gasteiger partial charge in [-0.25, -0.2) is 0 Å². The van der Waals surface area contributed by atoms with E-state index in [2.05, 4.69) is 27.7 Å². The summed E-state index contributed by atoms with van der Waals surface area (Å²) in [5.41, 5.74) is 0.203. The molecular weight excluding hydrogens is 236 g/mol. The average Bonchev–Trinajstić information content (AvgIpc) is 2.33. The Hall–Kier alpha value is -0.660. The minimum atomic E-state index is 0.203. The van der Waals surface area contributed by atoms with Crippen LogP contribution >= 0.6 is 0 Å². The minimum Gasteiger partial charge on any atom is -0.300 e. The van der Waals surface area contributed by atoms with E-state index < -0.39 is 0 Å². The van der Waals surface area contributed by atoms with Gasteiger partial charge < -0.3 is 0 Å². The molecule has 0 radical (unpaired) electrons. The number of hydrogen-bond donors (Lipinski definition) is 0. The van der Waals surface area contributed by atoms with E-state index in [4.69, 9.17) is 0 Å². The zero-order valence-electron chi connectivity index (χ0n) is 12.9. The van der Waals surface area contributed by atoms with E-state index in [0.717, 1.165) is 25.7 Å². The van der Waals surface area contributed by atoms with E-state index in [-0.39, 0.29) is 11.3 Å². The smallest absolute Gasteiger partial charge is 0.136 e. The van der Waals surface area contributed by atoms with Crippen molar-refractivity contribution in [3.63, 3.8) is 0 Å². The van der Waals surface area contributed by atoms with Gasteiger partial charge in [0.1, 0.15) is 11.6 Å². The average molecular weight is 264 g/mol. The molecule has 0 aromatic carbocycles. The molecule has 0 spiro atoms. The largest absolute Gasteiger partial charge is 0.300 e. The maximum atomic E-state index is 12.5. The first kappa shape index (κ1) is 14.7. The molecule has 5 atom stereocenters. The lowest BCUT2D eigenvalue weighted by molar-refractivity contribution is -0.145. The molecule has 2 aliphatic carbocycles. The van der Waals surface area contributed by atoms with Crippen molar-refractivity contribution in [1.82, 2.24) is 0 Å². The Morgan fingerprint density at radius 3 is 2.63 bits per heavy atom. The molecule has 0 aromatic heterocycles. The molecule has 0 bridgehead atoms. The molecule has 2 aliphatic rings. The number of Topliss-reactive ketones (excluding diaryl/α,β-unsaturated/α-hetero) is 2. The lowest BCUT2D eigenvalue weighted by atomic mass is 9.51. The molecule has 2 nitrogen and oxygen atoms in total. The summed E-state index contributed by atoms with van der Waals surface area (Å²) in [7, 11) is 0. The molecule has 0 heterocycles. The molecule has 2 fully saturated rings. The van der Waals surface area contributed by atoms with Crippen molar-refractivity contribution in [2.75, 3.05) is 0 Å². The molecule has 0 aliphatic heterocycles. The fourth-order valence-corrected chi connectivity index (χ4v) is 4.64. The highest BCUT2D eigenvalue weighted by atomic mass is 16.1. The highest BCUT2D eigenvalue weighted by Crippen LogP contribution is 2.55. The summed E-state index contributed by atoms with van der Waals surface area (Å²) in [6.07, 6.45) is 5.28. The van der Waals surface area contributed by atoms with Crippen LogP contribution in [-0.2, 0) is 9.59 Å². The Labute approximate surface area is 117 Å². The zero-order valence-corrected chi connectivity index (χ0v) is 12.9. The van der Waals surface area contributed by atoms with Crippen LogP contribution in [0.3, 0.4) is 0 Å². The van der Waals surface area contributed by atoms with Gasteiger partial charge in [-0.05, 0) is 29.6 Å². The zero-order chi connectivity index (χ0) is 14.2. The van der Waals surface area contributed by atoms with Crippen molar-refractivity contribution in [2.45, 2.75) is 66.2 Å². The fourth-order valence-electron chi connectivity index (χ4n) is 4.64. The Morgan fingerprint density at radius 2 is 2.00 bits per heavy atom. The summed E-state index contributed by atoms with van der Waals surface area (Å²) in [6, 6.07) is 0. The van der Waals surface area contributed by atoms with Gasteiger partial charge in [-0.15, -0.1) is 0 Å². The Morgan fingerprint density at radius 1 is 1.32 bits per heavy atom. The van der Waals surface area contributed by atoms with E-state index in [9.17, 15) is 9.59 Å². The monoisotopic (exact) mass is 264 g/mol. The third kappa shape index (κ3) is 2.51. The maximum absolute atomic E-state index is 12.5. The summed E-state index contributed by atoms with van der Waals surface area (Å²) in [5.74, 6) is 2.22. The highest BCUT2D eigenvalue weighted by Gasteiger charge is 2.52. The summed E-state index contributed by atoms with van der Waals surface area (Å²) < 4.78 is 0. The normalized spacial score (nSPS) is 40.9. The SMILES string of the molecule is CCCC(C)C1C(=O)C[C@@H]2CC(=O)CC[C@]2(C)C1C. The van der Waals surface area contributed by atoms with Crippen LogP contribution in [0.1, 0.15) is 66.2 Å². The molecule has 19 heavy (non-hydrogen) atoms. The van der Waals surface area contributed by atoms with Gasteiger partial charge in [-0.1, -0.05) is 40.5 Å². The van der Waals surface area contributed by atoms with Gasteiger partial charge in [0.15, 0.2) is 0 Å². The second-order valence-corrected chi connectivity index (χ2v) is 7.20. The molecule has 2 rings (SSSR count). The van der Waals surface area contributed by atoms with Gasteiger partial charge in [-0.3, -0.25) is 9.59 Å². The van der Waals surface area contributed by atoms with Crippen molar-refractivity contribution >= 4 is 11.6 Å². The number of ketones is 2. The highest BCUT2D eigenvalue weighted by molar-refractivity contribution is 5.86. The van der Waals surface area contributed by atoms with E-state index >= 15 is 0 Å². The molecular formula is C17H28O2. The van der Waals surface area contributed by atoms with E-state index in [1.165, 1.54) is 0 Å². The lowest BCUT2D eigenvalue weighted by Gasteiger charge is -2.52. The van der Waals surface area contributed by atoms with Crippen LogP contribution in [0.4, 0.5) is 0 Å². The van der Waals surface area contributed by atoms with Crippen LogP contribution in [0, 0.1) is 29.1 Å². The molecule has 0 amide bonds. The van der Waals surface area contributed by atoms with Gasteiger partial charge in [0, 0.05) is 25.2 Å². The Kier molecular flexibility index (Phi) is 4.17. The van der Waals surface area contributed by atoms with Crippen molar-refractivity contribution in [1.29, 1.82) is 0 Å². The van der Waals surface area contributed by atoms with Crippen LogP contribution < -0.4 is 0 Å². The van der Waals surface area contributed by atoms with Crippen molar-refractivity contribution in [2.24, 2.45) is 29.1 Å². The Bertz CT molecular complexity index is 373. The van der Waals surface area contributed by atoms with Crippen LogP contribution in [-0.4, -0.2) is 11.6 Å². The van der Waals surface area contributed by atoms with Crippen molar-refractivity contribution < 1.29 is 9.59 Å². The predicted octanol–water partition coefficient (Wildman–Crippen LogP) is 4.02. The maximum Gasteiger partial charge on any atom is 0.136 e. The number of rotatable bonds is 3. The second kappa shape index (κ2) is 5.38. The first-order valence-corrected chi connectivity index (χ1v) is 7.94. The van der Waals surface area contributed by atoms with Crippen LogP contribution in [0.15, 0.2) is 0 Å². The predicted molar refractivity (Wildman–Crippen MR) is 76.8 cm³/mol. The summed E-state index contributed by atoms with van der Waals surface area (Å²) in [4.78, 5) is 24.2. The molecule has 0 N–H and O–H groups in total. The summed E-state index contributed by atoms with van der Waals surface area (Å²) >= 11 is 0. The van der Waals surface area contributed by atoms with Crippen molar-refractivity contribution in [3.8, 4) is 0 Å². The number of hydrogen-bond acceptors (Lipinski definition) is 2. The topological polar surface area (TPSA) is 34.1 Å². The standard InChI is InChI=1S/C17H28O2/c1-5-6-11(2)16-12(3)17(4)8-7-14(18)9-13(17)10-15(16)19/h11-13,16H,5-10H2,1-4H3/t11?,12?,13-,16?,17+/m0/s1. The number of carbonyl (C=O) groups excluding carboxylic acids is 2. The first-order chi connectivity index (χ1) is 8.90. The van der Waals surface area contributed by atoms with Crippen LogP contribution in [0.2, 0.25) is 0 Å². The number of carbonyl (C=O) groups is 2. The van der Waals surface area contributed by atoms with Crippen LogP contribution in [0.5, 0.6) is 0 Å². The summed E-state index contributed by atoms with van der Waals surface area (Å²) in [5, 5.41) is 0. The summed E-state index contributed by atoms with van der Waals surface area (Å²) in [6.45, 7) is 9.02. The number of fused-ring (bicyclic) bond motifs is 1. The van der Waals surface area contributed by atoms with Crippen LogP contribution in [0.25, 0.3) is 0 Å². The molecule has 2 saturated carbocycles. The first-order valence-electron chi connectivity index (χ1n) is 7.94. The fraction of sp³-hybridized carbons (Fsp3) is 0.882. The molecule has 3 unspecified atom stereocenters. The van der Waals surface area contributed by atoms with Gasteiger partial charge in [0.05, 0.1) is 0 Å². The molecule has 108 valence electrons. The van der Waals surface area contributed by atoms with Gasteiger partial charge in [0.25, 0.3) is 0 Å². The van der Waals surface area contributed by atoms with E-state index in [1.807, 2.05) is 0 Å². The molecule has 0 saturated heterocycles. The minimum absolute atomic E-state index is 0.203. The van der Waals surface area contributed by atoms with Gasteiger partial charge in [-0.2, -0.15) is 0 Å².